The highest BCUT2D eigenvalue weighted by atomic mass is 16.6. The van der Waals surface area contributed by atoms with Gasteiger partial charge in [0, 0.05) is 13.5 Å². The molecule has 4 atom stereocenters. The molecule has 0 saturated heterocycles. The average molecular weight is 567 g/mol. The molecule has 4 amide bonds. The van der Waals surface area contributed by atoms with Crippen molar-refractivity contribution in [2.75, 3.05) is 33.0 Å². The summed E-state index contributed by atoms with van der Waals surface area (Å²) in [5.41, 5.74) is 0.924. The molecule has 1 aromatic rings. The van der Waals surface area contributed by atoms with Gasteiger partial charge in [0.2, 0.25) is 5.91 Å². The number of aliphatic hydroxyl groups is 1. The number of aliphatic hydroxyl groups excluding tert-OH is 1. The third-order valence-electron chi connectivity index (χ3n) is 6.05. The van der Waals surface area contributed by atoms with E-state index in [0.29, 0.717) is 12.8 Å². The molecule has 12 nitrogen and oxygen atoms in total. The van der Waals surface area contributed by atoms with Gasteiger partial charge in [-0.2, -0.15) is 0 Å². The van der Waals surface area contributed by atoms with E-state index in [1.807, 2.05) is 58.0 Å². The molecule has 12 heteroatoms. The zero-order valence-electron chi connectivity index (χ0n) is 24.2. The molecule has 1 rings (SSSR count). The first kappa shape index (κ1) is 34.5. The van der Waals surface area contributed by atoms with Crippen molar-refractivity contribution in [1.82, 2.24) is 21.3 Å². The average Bonchev–Trinajstić information content (AvgIpc) is 2.91. The van der Waals surface area contributed by atoms with Crippen LogP contribution in [0.2, 0.25) is 0 Å². The molecular weight excluding hydrogens is 520 g/mol. The van der Waals surface area contributed by atoms with Crippen molar-refractivity contribution in [2.45, 2.75) is 72.0 Å². The molecule has 0 spiro atoms. The first-order valence-corrected chi connectivity index (χ1v) is 13.7. The molecule has 1 aromatic carbocycles. The van der Waals surface area contributed by atoms with Crippen LogP contribution in [0.3, 0.4) is 0 Å². The summed E-state index contributed by atoms with van der Waals surface area (Å²) in [4.78, 5) is 48.5. The smallest absolute Gasteiger partial charge is 0.407 e. The molecule has 1 unspecified atom stereocenters. The third-order valence-corrected chi connectivity index (χ3v) is 6.05. The summed E-state index contributed by atoms with van der Waals surface area (Å²) in [5.74, 6) is 0.100. The fourth-order valence-electron chi connectivity index (χ4n) is 3.83. The molecule has 0 fully saturated rings. The van der Waals surface area contributed by atoms with E-state index in [1.54, 1.807) is 0 Å². The highest BCUT2D eigenvalue weighted by Crippen LogP contribution is 2.10. The number of ether oxygens (including phenoxy) is 3. The van der Waals surface area contributed by atoms with E-state index in [0.717, 1.165) is 12.0 Å². The molecule has 0 saturated carbocycles. The van der Waals surface area contributed by atoms with Crippen LogP contribution in [-0.2, 0) is 25.4 Å². The molecule has 0 aliphatic heterocycles. The van der Waals surface area contributed by atoms with Crippen molar-refractivity contribution in [2.24, 2.45) is 11.8 Å². The number of rotatable bonds is 17. The Hall–Kier alpha value is -3.54. The maximum atomic E-state index is 12.6. The van der Waals surface area contributed by atoms with Crippen molar-refractivity contribution in [3.63, 3.8) is 0 Å². The minimum atomic E-state index is -0.722. The Morgan fingerprint density at radius 1 is 0.825 bits per heavy atom. The van der Waals surface area contributed by atoms with Gasteiger partial charge in [0.1, 0.15) is 19.8 Å². The van der Waals surface area contributed by atoms with Crippen molar-refractivity contribution in [3.8, 4) is 0 Å². The quantitative estimate of drug-likeness (QED) is 0.180. The largest absolute Gasteiger partial charge is 0.447 e. The standard InChI is InChI=1S/C28H46N4O8/c1-6-20(4)25(30-21(5)34)18-40-28(37)32-24(15-22-10-8-7-9-11-22)17-39-27(36)31-23(14-19(2)3)16-38-26(35)29-12-13-33/h7-11,19-20,23-25,33H,6,12-18H2,1-5H3,(H,29,35)(H,30,34)(H,31,36)(H,32,37)/t20?,23-,24-,25+/m0/s1. The number of hydrogen-bond acceptors (Lipinski definition) is 8. The lowest BCUT2D eigenvalue weighted by molar-refractivity contribution is -0.120. The topological polar surface area (TPSA) is 164 Å². The number of benzene rings is 1. The van der Waals surface area contributed by atoms with Gasteiger partial charge in [-0.15, -0.1) is 0 Å². The lowest BCUT2D eigenvalue weighted by Gasteiger charge is -2.25. The second-order valence-corrected chi connectivity index (χ2v) is 10.1. The SMILES string of the molecule is CCC(C)[C@@H](COC(=O)N[C@H](COC(=O)N[C@H](COC(=O)NCCO)CC(C)C)Cc1ccccc1)NC(C)=O. The van der Waals surface area contributed by atoms with Gasteiger partial charge in [0.15, 0.2) is 0 Å². The molecule has 0 aliphatic rings. The monoisotopic (exact) mass is 566 g/mol. The van der Waals surface area contributed by atoms with E-state index in [4.69, 9.17) is 19.3 Å². The van der Waals surface area contributed by atoms with Crippen LogP contribution in [0, 0.1) is 11.8 Å². The zero-order chi connectivity index (χ0) is 29.9. The Bertz CT molecular complexity index is 900. The Morgan fingerprint density at radius 2 is 1.40 bits per heavy atom. The third kappa shape index (κ3) is 15.8. The van der Waals surface area contributed by atoms with E-state index in [2.05, 4.69) is 21.3 Å². The van der Waals surface area contributed by atoms with Crippen LogP contribution in [0.4, 0.5) is 14.4 Å². The predicted molar refractivity (Wildman–Crippen MR) is 150 cm³/mol. The fourth-order valence-corrected chi connectivity index (χ4v) is 3.83. The van der Waals surface area contributed by atoms with E-state index in [1.165, 1.54) is 6.92 Å². The molecule has 0 heterocycles. The van der Waals surface area contributed by atoms with Gasteiger partial charge in [0.05, 0.1) is 24.7 Å². The maximum absolute atomic E-state index is 12.6. The summed E-state index contributed by atoms with van der Waals surface area (Å²) < 4.78 is 16.0. The molecule has 0 aliphatic carbocycles. The summed E-state index contributed by atoms with van der Waals surface area (Å²) in [6.45, 7) is 8.94. The van der Waals surface area contributed by atoms with Gasteiger partial charge >= 0.3 is 18.3 Å². The van der Waals surface area contributed by atoms with Crippen LogP contribution < -0.4 is 21.3 Å². The second-order valence-electron chi connectivity index (χ2n) is 10.1. The van der Waals surface area contributed by atoms with Crippen molar-refractivity contribution in [3.05, 3.63) is 35.9 Å². The summed E-state index contributed by atoms with van der Waals surface area (Å²) in [6.07, 6.45) is -0.396. The summed E-state index contributed by atoms with van der Waals surface area (Å²) in [7, 11) is 0. The number of hydrogen-bond donors (Lipinski definition) is 5. The van der Waals surface area contributed by atoms with Crippen molar-refractivity contribution >= 4 is 24.2 Å². The summed E-state index contributed by atoms with van der Waals surface area (Å²) in [6, 6.07) is 8.00. The Labute approximate surface area is 236 Å². The Kier molecular flexibility index (Phi) is 16.8. The molecule has 0 aromatic heterocycles. The van der Waals surface area contributed by atoms with Crippen LogP contribution in [0.25, 0.3) is 0 Å². The van der Waals surface area contributed by atoms with Crippen LogP contribution in [0.1, 0.15) is 53.0 Å². The number of carbonyl (C=O) groups is 4. The van der Waals surface area contributed by atoms with Gasteiger partial charge in [-0.25, -0.2) is 14.4 Å². The Balaban J connectivity index is 2.76. The van der Waals surface area contributed by atoms with Crippen molar-refractivity contribution in [1.29, 1.82) is 0 Å². The van der Waals surface area contributed by atoms with E-state index in [9.17, 15) is 19.2 Å². The van der Waals surface area contributed by atoms with Gasteiger partial charge < -0.3 is 40.6 Å². The van der Waals surface area contributed by atoms with Gasteiger partial charge in [-0.3, -0.25) is 4.79 Å². The second kappa shape index (κ2) is 19.5. The first-order valence-electron chi connectivity index (χ1n) is 13.7. The minimum absolute atomic E-state index is 0.00256. The Morgan fingerprint density at radius 3 is 1.98 bits per heavy atom. The number of alkyl carbamates (subject to hydrolysis) is 3. The number of carbonyl (C=O) groups excluding carboxylic acids is 4. The molecule has 40 heavy (non-hydrogen) atoms. The van der Waals surface area contributed by atoms with Crippen LogP contribution >= 0.6 is 0 Å². The van der Waals surface area contributed by atoms with Crippen LogP contribution in [0.15, 0.2) is 30.3 Å². The van der Waals surface area contributed by atoms with Crippen molar-refractivity contribution < 1.29 is 38.5 Å². The van der Waals surface area contributed by atoms with Gasteiger partial charge in [0.25, 0.3) is 0 Å². The predicted octanol–water partition coefficient (Wildman–Crippen LogP) is 2.73. The minimum Gasteiger partial charge on any atom is -0.447 e. The summed E-state index contributed by atoms with van der Waals surface area (Å²) >= 11 is 0. The summed E-state index contributed by atoms with van der Waals surface area (Å²) in [5, 5.41) is 19.5. The van der Waals surface area contributed by atoms with Gasteiger partial charge in [-0.1, -0.05) is 64.4 Å². The highest BCUT2D eigenvalue weighted by Gasteiger charge is 2.22. The zero-order valence-corrected chi connectivity index (χ0v) is 24.2. The van der Waals surface area contributed by atoms with Gasteiger partial charge in [-0.05, 0) is 30.2 Å². The van der Waals surface area contributed by atoms with E-state index in [-0.39, 0.29) is 56.8 Å². The fraction of sp³-hybridized carbons (Fsp3) is 0.643. The molecule has 5 N–H and O–H groups in total. The maximum Gasteiger partial charge on any atom is 0.407 e. The molecule has 226 valence electrons. The number of nitrogens with one attached hydrogen (secondary N) is 4. The molecule has 0 radical (unpaired) electrons. The molecule has 0 bridgehead atoms. The number of amides is 4. The van der Waals surface area contributed by atoms with Crippen LogP contribution in [-0.4, -0.2) is 80.4 Å². The van der Waals surface area contributed by atoms with E-state index < -0.39 is 30.4 Å². The van der Waals surface area contributed by atoms with E-state index >= 15 is 0 Å². The highest BCUT2D eigenvalue weighted by molar-refractivity contribution is 5.73. The van der Waals surface area contributed by atoms with Crippen LogP contribution in [0.5, 0.6) is 0 Å². The lowest BCUT2D eigenvalue weighted by atomic mass is 10.00. The normalized spacial score (nSPS) is 13.8. The molecular formula is C28H46N4O8. The lowest BCUT2D eigenvalue weighted by Crippen LogP contribution is -2.46. The first-order chi connectivity index (χ1) is 19.0.